The third kappa shape index (κ3) is 1.95. The number of hydrogen-bond donors (Lipinski definition) is 0. The summed E-state index contributed by atoms with van der Waals surface area (Å²) < 4.78 is 7.37. The van der Waals surface area contributed by atoms with Crippen LogP contribution in [0.25, 0.3) is 10.9 Å². The Morgan fingerprint density at radius 3 is 2.94 bits per heavy atom. The van der Waals surface area contributed by atoms with Gasteiger partial charge in [0.1, 0.15) is 0 Å². The number of aromatic nitrogens is 2. The second kappa shape index (κ2) is 4.53. The number of pyridine rings is 1. The van der Waals surface area contributed by atoms with Crippen LogP contribution in [0, 0.1) is 0 Å². The summed E-state index contributed by atoms with van der Waals surface area (Å²) in [5.74, 6) is 0.656. The number of ether oxygens (including phenoxy) is 1. The lowest BCUT2D eigenvalue weighted by molar-refractivity contribution is 0.397. The molecule has 0 bridgehead atoms. The normalized spacial score (nSPS) is 10.7. The van der Waals surface area contributed by atoms with Gasteiger partial charge in [0.15, 0.2) is 0 Å². The van der Waals surface area contributed by atoms with E-state index in [0.29, 0.717) is 5.88 Å². The Morgan fingerprint density at radius 1 is 1.17 bits per heavy atom. The second-order valence-electron chi connectivity index (χ2n) is 4.21. The molecule has 0 fully saturated rings. The minimum absolute atomic E-state index is 0.656. The predicted molar refractivity (Wildman–Crippen MR) is 71.8 cm³/mol. The van der Waals surface area contributed by atoms with E-state index in [1.807, 2.05) is 12.1 Å². The number of benzene rings is 1. The fourth-order valence-electron chi connectivity index (χ4n) is 2.14. The molecule has 3 aromatic rings. The zero-order chi connectivity index (χ0) is 12.4. The molecule has 2 heterocycles. The molecule has 3 nitrogen and oxygen atoms in total. The van der Waals surface area contributed by atoms with Crippen molar-refractivity contribution in [3.63, 3.8) is 0 Å². The van der Waals surface area contributed by atoms with Crippen molar-refractivity contribution in [1.82, 2.24) is 9.55 Å². The molecule has 3 rings (SSSR count). The van der Waals surface area contributed by atoms with Crippen LogP contribution in [0.3, 0.4) is 0 Å². The third-order valence-corrected chi connectivity index (χ3v) is 3.04. The van der Waals surface area contributed by atoms with Crippen LogP contribution >= 0.6 is 0 Å². The van der Waals surface area contributed by atoms with Crippen LogP contribution in [-0.2, 0) is 6.54 Å². The van der Waals surface area contributed by atoms with Crippen molar-refractivity contribution < 1.29 is 4.74 Å². The van der Waals surface area contributed by atoms with E-state index in [0.717, 1.165) is 6.54 Å². The maximum absolute atomic E-state index is 5.14. The van der Waals surface area contributed by atoms with Gasteiger partial charge in [0.2, 0.25) is 5.88 Å². The molecule has 1 aromatic carbocycles. The van der Waals surface area contributed by atoms with Crippen LogP contribution in [0.1, 0.15) is 5.56 Å². The number of rotatable bonds is 3. The van der Waals surface area contributed by atoms with E-state index in [2.05, 4.69) is 46.1 Å². The van der Waals surface area contributed by atoms with Gasteiger partial charge in [0.05, 0.1) is 7.11 Å². The molecule has 3 heteroatoms. The van der Waals surface area contributed by atoms with Crippen LogP contribution in [0.4, 0.5) is 0 Å². The molecule has 0 aliphatic carbocycles. The van der Waals surface area contributed by atoms with Gasteiger partial charge in [0, 0.05) is 30.5 Å². The first kappa shape index (κ1) is 10.8. The lowest BCUT2D eigenvalue weighted by Gasteiger charge is -2.06. The van der Waals surface area contributed by atoms with Crippen molar-refractivity contribution in [1.29, 1.82) is 0 Å². The van der Waals surface area contributed by atoms with Crippen LogP contribution in [0.5, 0.6) is 5.88 Å². The van der Waals surface area contributed by atoms with Crippen molar-refractivity contribution in [3.05, 3.63) is 60.4 Å². The fourth-order valence-corrected chi connectivity index (χ4v) is 2.14. The van der Waals surface area contributed by atoms with Gasteiger partial charge in [-0.3, -0.25) is 0 Å². The first-order chi connectivity index (χ1) is 8.86. The number of nitrogens with zero attached hydrogens (tertiary/aromatic N) is 2. The molecule has 0 aliphatic heterocycles. The van der Waals surface area contributed by atoms with E-state index in [-0.39, 0.29) is 0 Å². The van der Waals surface area contributed by atoms with Crippen molar-refractivity contribution in [3.8, 4) is 5.88 Å². The van der Waals surface area contributed by atoms with Gasteiger partial charge in [-0.25, -0.2) is 4.98 Å². The molecule has 90 valence electrons. The minimum Gasteiger partial charge on any atom is -0.481 e. The van der Waals surface area contributed by atoms with E-state index in [1.165, 1.54) is 16.5 Å². The Hall–Kier alpha value is -2.29. The summed E-state index contributed by atoms with van der Waals surface area (Å²) in [6.07, 6.45) is 3.89. The topological polar surface area (TPSA) is 27.1 Å². The first-order valence-electron chi connectivity index (χ1n) is 5.89. The molecule has 0 unspecified atom stereocenters. The van der Waals surface area contributed by atoms with Gasteiger partial charge in [-0.1, -0.05) is 18.2 Å². The van der Waals surface area contributed by atoms with Gasteiger partial charge in [-0.15, -0.1) is 0 Å². The van der Waals surface area contributed by atoms with E-state index >= 15 is 0 Å². The van der Waals surface area contributed by atoms with E-state index in [4.69, 9.17) is 4.74 Å². The van der Waals surface area contributed by atoms with Crippen LogP contribution in [0.15, 0.2) is 54.9 Å². The molecule has 0 atom stereocenters. The monoisotopic (exact) mass is 238 g/mol. The summed E-state index contributed by atoms with van der Waals surface area (Å²) in [5.41, 5.74) is 2.43. The van der Waals surface area contributed by atoms with Crippen LogP contribution in [-0.4, -0.2) is 16.7 Å². The highest BCUT2D eigenvalue weighted by molar-refractivity contribution is 5.80. The highest BCUT2D eigenvalue weighted by Gasteiger charge is 2.02. The maximum atomic E-state index is 5.14. The minimum atomic E-state index is 0.656. The maximum Gasteiger partial charge on any atom is 0.213 e. The molecule has 0 amide bonds. The largest absolute Gasteiger partial charge is 0.481 e. The van der Waals surface area contributed by atoms with E-state index < -0.39 is 0 Å². The Bertz CT molecular complexity index is 673. The smallest absolute Gasteiger partial charge is 0.213 e. The number of para-hydroxylation sites is 1. The summed E-state index contributed by atoms with van der Waals surface area (Å²) in [6, 6.07) is 14.5. The molecule has 0 aliphatic rings. The average Bonchev–Trinajstić information content (AvgIpc) is 2.83. The molecule has 2 aromatic heterocycles. The highest BCUT2D eigenvalue weighted by Crippen LogP contribution is 2.17. The van der Waals surface area contributed by atoms with E-state index in [1.54, 1.807) is 13.3 Å². The molecule has 0 radical (unpaired) electrons. The SMILES string of the molecule is COc1cc(Cn2ccc3ccccc32)ccn1. The molecule has 0 N–H and O–H groups in total. The predicted octanol–water partition coefficient (Wildman–Crippen LogP) is 3.09. The van der Waals surface area contributed by atoms with Gasteiger partial charge in [-0.05, 0) is 29.1 Å². The van der Waals surface area contributed by atoms with Crippen molar-refractivity contribution in [2.75, 3.05) is 7.11 Å². The lowest BCUT2D eigenvalue weighted by atomic mass is 10.2. The van der Waals surface area contributed by atoms with Crippen molar-refractivity contribution >= 4 is 10.9 Å². The molecule has 0 saturated heterocycles. The van der Waals surface area contributed by atoms with Crippen molar-refractivity contribution in [2.24, 2.45) is 0 Å². The molecule has 0 spiro atoms. The van der Waals surface area contributed by atoms with Gasteiger partial charge < -0.3 is 9.30 Å². The number of fused-ring (bicyclic) bond motifs is 1. The van der Waals surface area contributed by atoms with Crippen LogP contribution < -0.4 is 4.74 Å². The zero-order valence-corrected chi connectivity index (χ0v) is 10.2. The first-order valence-corrected chi connectivity index (χ1v) is 5.89. The summed E-state index contributed by atoms with van der Waals surface area (Å²) in [5, 5.41) is 1.26. The average molecular weight is 238 g/mol. The third-order valence-electron chi connectivity index (χ3n) is 3.04. The Morgan fingerprint density at radius 2 is 2.06 bits per heavy atom. The molecular weight excluding hydrogens is 224 g/mol. The Balaban J connectivity index is 1.96. The molecule has 0 saturated carbocycles. The number of methoxy groups -OCH3 is 1. The summed E-state index contributed by atoms with van der Waals surface area (Å²) >= 11 is 0. The lowest BCUT2D eigenvalue weighted by Crippen LogP contribution is -1.98. The summed E-state index contributed by atoms with van der Waals surface area (Å²) in [6.45, 7) is 0.826. The number of hydrogen-bond acceptors (Lipinski definition) is 2. The van der Waals surface area contributed by atoms with E-state index in [9.17, 15) is 0 Å². The summed E-state index contributed by atoms with van der Waals surface area (Å²) in [7, 11) is 1.64. The van der Waals surface area contributed by atoms with Crippen molar-refractivity contribution in [2.45, 2.75) is 6.54 Å². The summed E-state index contributed by atoms with van der Waals surface area (Å²) in [4.78, 5) is 4.12. The molecular formula is C15H14N2O. The van der Waals surface area contributed by atoms with Gasteiger partial charge in [0.25, 0.3) is 0 Å². The highest BCUT2D eigenvalue weighted by atomic mass is 16.5. The fraction of sp³-hybridized carbons (Fsp3) is 0.133. The van der Waals surface area contributed by atoms with Gasteiger partial charge >= 0.3 is 0 Å². The van der Waals surface area contributed by atoms with Crippen LogP contribution in [0.2, 0.25) is 0 Å². The quantitative estimate of drug-likeness (QED) is 0.701. The Kier molecular flexibility index (Phi) is 2.73. The standard InChI is InChI=1S/C15H14N2O/c1-18-15-10-12(6-8-16-15)11-17-9-7-13-4-2-3-5-14(13)17/h2-10H,11H2,1H3. The second-order valence-corrected chi connectivity index (χ2v) is 4.21. The Labute approximate surface area is 106 Å². The molecule has 18 heavy (non-hydrogen) atoms. The van der Waals surface area contributed by atoms with Gasteiger partial charge in [-0.2, -0.15) is 0 Å². The zero-order valence-electron chi connectivity index (χ0n) is 10.2.